The highest BCUT2D eigenvalue weighted by Crippen LogP contribution is 2.25. The molecule has 0 spiro atoms. The summed E-state index contributed by atoms with van der Waals surface area (Å²) in [5.41, 5.74) is 0. The summed E-state index contributed by atoms with van der Waals surface area (Å²) in [6.07, 6.45) is 3.95. The summed E-state index contributed by atoms with van der Waals surface area (Å²) in [6.45, 7) is 9.27. The third kappa shape index (κ3) is 3.25. The molecule has 1 saturated heterocycles. The first-order valence-corrected chi connectivity index (χ1v) is 6.00. The van der Waals surface area contributed by atoms with E-state index in [4.69, 9.17) is 5.11 Å². The quantitative estimate of drug-likeness (QED) is 0.752. The van der Waals surface area contributed by atoms with Gasteiger partial charge in [-0.2, -0.15) is 0 Å². The number of rotatable bonds is 3. The number of likely N-dealkylation sites (tertiary alicyclic amines) is 1. The molecule has 2 atom stereocenters. The van der Waals surface area contributed by atoms with E-state index in [1.807, 2.05) is 0 Å². The van der Waals surface area contributed by atoms with Crippen molar-refractivity contribution in [3.05, 3.63) is 0 Å². The highest BCUT2D eigenvalue weighted by Gasteiger charge is 2.25. The van der Waals surface area contributed by atoms with E-state index in [1.165, 1.54) is 25.8 Å². The Hall–Kier alpha value is -0.0800. The van der Waals surface area contributed by atoms with Gasteiger partial charge in [0.15, 0.2) is 0 Å². The molecule has 1 N–H and O–H groups in total. The predicted molar refractivity (Wildman–Crippen MR) is 60.3 cm³/mol. The lowest BCUT2D eigenvalue weighted by molar-refractivity contribution is 0.124. The minimum Gasteiger partial charge on any atom is -0.395 e. The second-order valence-corrected chi connectivity index (χ2v) is 5.04. The molecule has 84 valence electrons. The number of hydrogen-bond acceptors (Lipinski definition) is 2. The van der Waals surface area contributed by atoms with Crippen LogP contribution in [0.4, 0.5) is 0 Å². The first-order chi connectivity index (χ1) is 6.65. The van der Waals surface area contributed by atoms with Crippen molar-refractivity contribution in [1.29, 1.82) is 0 Å². The van der Waals surface area contributed by atoms with Gasteiger partial charge >= 0.3 is 0 Å². The van der Waals surface area contributed by atoms with Crippen LogP contribution in [-0.4, -0.2) is 35.7 Å². The van der Waals surface area contributed by atoms with Gasteiger partial charge in [0, 0.05) is 12.6 Å². The third-order valence-electron chi connectivity index (χ3n) is 3.49. The van der Waals surface area contributed by atoms with Gasteiger partial charge in [0.25, 0.3) is 0 Å². The normalized spacial score (nSPS) is 30.6. The molecule has 1 heterocycles. The van der Waals surface area contributed by atoms with Crippen LogP contribution in [0.1, 0.15) is 40.0 Å². The van der Waals surface area contributed by atoms with E-state index in [9.17, 15) is 0 Å². The van der Waals surface area contributed by atoms with E-state index in [0.29, 0.717) is 18.6 Å². The minimum absolute atomic E-state index is 0.303. The second kappa shape index (κ2) is 5.72. The fourth-order valence-corrected chi connectivity index (χ4v) is 2.50. The Morgan fingerprint density at radius 1 is 1.29 bits per heavy atom. The molecule has 0 aliphatic carbocycles. The van der Waals surface area contributed by atoms with Gasteiger partial charge in [0.05, 0.1) is 6.61 Å². The number of aliphatic hydroxyl groups is 1. The zero-order valence-corrected chi connectivity index (χ0v) is 9.87. The smallest absolute Gasteiger partial charge is 0.0558 e. The van der Waals surface area contributed by atoms with Gasteiger partial charge in [-0.1, -0.05) is 20.8 Å². The summed E-state index contributed by atoms with van der Waals surface area (Å²) < 4.78 is 0. The molecular formula is C12H25NO. The average molecular weight is 199 g/mol. The largest absolute Gasteiger partial charge is 0.395 e. The number of β-amino-alcohol motifs (C(OH)–C–C–N with tert-alkyl or cyclic N) is 1. The van der Waals surface area contributed by atoms with Gasteiger partial charge < -0.3 is 5.11 Å². The van der Waals surface area contributed by atoms with Crippen molar-refractivity contribution in [1.82, 2.24) is 4.90 Å². The van der Waals surface area contributed by atoms with Gasteiger partial charge in [0.2, 0.25) is 0 Å². The molecule has 1 aliphatic heterocycles. The van der Waals surface area contributed by atoms with Gasteiger partial charge in [-0.05, 0) is 37.6 Å². The van der Waals surface area contributed by atoms with Crippen molar-refractivity contribution < 1.29 is 5.11 Å². The molecule has 0 bridgehead atoms. The zero-order chi connectivity index (χ0) is 10.6. The molecule has 0 saturated carbocycles. The maximum atomic E-state index is 9.03. The molecule has 14 heavy (non-hydrogen) atoms. The van der Waals surface area contributed by atoms with Crippen LogP contribution in [0.15, 0.2) is 0 Å². The fourth-order valence-electron chi connectivity index (χ4n) is 2.50. The molecule has 2 nitrogen and oxygen atoms in total. The maximum absolute atomic E-state index is 9.03. The monoisotopic (exact) mass is 199 g/mol. The number of hydrogen-bond donors (Lipinski definition) is 1. The topological polar surface area (TPSA) is 23.5 Å². The van der Waals surface area contributed by atoms with E-state index >= 15 is 0 Å². The predicted octanol–water partition coefficient (Wildman–Crippen LogP) is 2.13. The molecule has 1 fully saturated rings. The highest BCUT2D eigenvalue weighted by atomic mass is 16.3. The van der Waals surface area contributed by atoms with Crippen molar-refractivity contribution in [2.45, 2.75) is 46.1 Å². The molecule has 0 aromatic heterocycles. The van der Waals surface area contributed by atoms with Crippen LogP contribution in [0.5, 0.6) is 0 Å². The SMILES string of the molecule is CC1CCC(C(C)C)N(CCO)CC1. The third-order valence-corrected chi connectivity index (χ3v) is 3.49. The van der Waals surface area contributed by atoms with Crippen LogP contribution in [0.3, 0.4) is 0 Å². The summed E-state index contributed by atoms with van der Waals surface area (Å²) in [4.78, 5) is 2.48. The van der Waals surface area contributed by atoms with Crippen LogP contribution in [0.25, 0.3) is 0 Å². The van der Waals surface area contributed by atoms with Gasteiger partial charge in [0.1, 0.15) is 0 Å². The first kappa shape index (κ1) is 12.0. The summed E-state index contributed by atoms with van der Waals surface area (Å²) >= 11 is 0. The Bertz CT molecular complexity index is 158. The molecule has 1 rings (SSSR count). The summed E-state index contributed by atoms with van der Waals surface area (Å²) in [5.74, 6) is 1.58. The van der Waals surface area contributed by atoms with Gasteiger partial charge in [-0.25, -0.2) is 0 Å². The average Bonchev–Trinajstić information content (AvgIpc) is 2.29. The van der Waals surface area contributed by atoms with Crippen LogP contribution in [0, 0.1) is 11.8 Å². The van der Waals surface area contributed by atoms with E-state index in [-0.39, 0.29) is 0 Å². The molecule has 2 heteroatoms. The maximum Gasteiger partial charge on any atom is 0.0558 e. The van der Waals surface area contributed by atoms with Crippen molar-refractivity contribution in [2.75, 3.05) is 19.7 Å². The van der Waals surface area contributed by atoms with Crippen molar-refractivity contribution in [3.63, 3.8) is 0 Å². The summed E-state index contributed by atoms with van der Waals surface area (Å²) in [5, 5.41) is 9.03. The lowest BCUT2D eigenvalue weighted by Crippen LogP contribution is -2.40. The Morgan fingerprint density at radius 3 is 2.57 bits per heavy atom. The summed E-state index contributed by atoms with van der Waals surface area (Å²) in [6, 6.07) is 0.687. The van der Waals surface area contributed by atoms with Gasteiger partial charge in [-0.15, -0.1) is 0 Å². The van der Waals surface area contributed by atoms with E-state index in [2.05, 4.69) is 25.7 Å². The highest BCUT2D eigenvalue weighted by molar-refractivity contribution is 4.79. The molecule has 0 aromatic rings. The van der Waals surface area contributed by atoms with E-state index in [1.54, 1.807) is 0 Å². The molecule has 2 unspecified atom stereocenters. The zero-order valence-electron chi connectivity index (χ0n) is 9.87. The van der Waals surface area contributed by atoms with Crippen molar-refractivity contribution >= 4 is 0 Å². The Balaban J connectivity index is 2.56. The second-order valence-electron chi connectivity index (χ2n) is 5.04. The minimum atomic E-state index is 0.303. The fraction of sp³-hybridized carbons (Fsp3) is 1.00. The standard InChI is InChI=1S/C12H25NO/c1-10(2)12-5-4-11(3)6-7-13(12)8-9-14/h10-12,14H,4-9H2,1-3H3. The summed E-state index contributed by atoms with van der Waals surface area (Å²) in [7, 11) is 0. The Morgan fingerprint density at radius 2 is 2.00 bits per heavy atom. The Labute approximate surface area is 88.3 Å². The molecular weight excluding hydrogens is 174 g/mol. The number of aliphatic hydroxyl groups excluding tert-OH is 1. The lowest BCUT2D eigenvalue weighted by atomic mass is 9.95. The lowest BCUT2D eigenvalue weighted by Gasteiger charge is -2.32. The van der Waals surface area contributed by atoms with Gasteiger partial charge in [-0.3, -0.25) is 4.90 Å². The van der Waals surface area contributed by atoms with Crippen LogP contribution < -0.4 is 0 Å². The van der Waals surface area contributed by atoms with E-state index < -0.39 is 0 Å². The molecule has 1 aliphatic rings. The number of nitrogens with zero attached hydrogens (tertiary/aromatic N) is 1. The first-order valence-electron chi connectivity index (χ1n) is 6.00. The molecule has 0 aromatic carbocycles. The Kier molecular flexibility index (Phi) is 4.90. The molecule has 0 radical (unpaired) electrons. The van der Waals surface area contributed by atoms with Crippen LogP contribution in [0.2, 0.25) is 0 Å². The van der Waals surface area contributed by atoms with Crippen molar-refractivity contribution in [2.24, 2.45) is 11.8 Å². The van der Waals surface area contributed by atoms with Crippen molar-refractivity contribution in [3.8, 4) is 0 Å². The van der Waals surface area contributed by atoms with E-state index in [0.717, 1.165) is 12.5 Å². The van der Waals surface area contributed by atoms with Crippen LogP contribution in [-0.2, 0) is 0 Å². The molecule has 0 amide bonds. The van der Waals surface area contributed by atoms with Crippen LogP contribution >= 0.6 is 0 Å².